The third-order valence-electron chi connectivity index (χ3n) is 5.38. The van der Waals surface area contributed by atoms with Crippen LogP contribution in [0.4, 0.5) is 4.79 Å². The van der Waals surface area contributed by atoms with Gasteiger partial charge >= 0.3 is 6.09 Å². The number of Topliss-reactive ketones (excluding diaryl/α,β-unsaturated/α-hetero) is 1. The molecular weight excluding hydrogens is 416 g/mol. The highest BCUT2D eigenvalue weighted by atomic mass is 16.6. The van der Waals surface area contributed by atoms with Gasteiger partial charge in [0.2, 0.25) is 0 Å². The Labute approximate surface area is 194 Å². The molecule has 6 nitrogen and oxygen atoms in total. The largest absolute Gasteiger partial charge is 0.487 e. The van der Waals surface area contributed by atoms with Gasteiger partial charge in [-0.3, -0.25) is 14.7 Å². The lowest BCUT2D eigenvalue weighted by Crippen LogP contribution is -2.33. The highest BCUT2D eigenvalue weighted by Gasteiger charge is 2.28. The Morgan fingerprint density at radius 1 is 1.00 bits per heavy atom. The van der Waals surface area contributed by atoms with Crippen LogP contribution in [0, 0.1) is 0 Å². The van der Waals surface area contributed by atoms with Crippen LogP contribution in [0.25, 0.3) is 11.1 Å². The summed E-state index contributed by atoms with van der Waals surface area (Å²) < 4.78 is 11.6. The SMILES string of the molecule is CC(=O)c1ccc(OCc2ccccn2)c(-c2ccc3c(c2)CN(C(=O)OC(C)(C)C)C3)c1. The van der Waals surface area contributed by atoms with Crippen molar-refractivity contribution in [3.8, 4) is 16.9 Å². The highest BCUT2D eigenvalue weighted by molar-refractivity contribution is 5.96. The summed E-state index contributed by atoms with van der Waals surface area (Å²) in [5.41, 5.74) is 4.80. The van der Waals surface area contributed by atoms with Crippen molar-refractivity contribution in [2.24, 2.45) is 0 Å². The van der Waals surface area contributed by atoms with Crippen LogP contribution in [0.15, 0.2) is 60.8 Å². The number of pyridine rings is 1. The summed E-state index contributed by atoms with van der Waals surface area (Å²) in [7, 11) is 0. The molecule has 1 aromatic heterocycles. The molecule has 0 unspecified atom stereocenters. The fourth-order valence-corrected chi connectivity index (χ4v) is 3.75. The molecule has 0 atom stereocenters. The van der Waals surface area contributed by atoms with E-state index in [1.54, 1.807) is 24.1 Å². The third-order valence-corrected chi connectivity index (χ3v) is 5.38. The monoisotopic (exact) mass is 444 g/mol. The highest BCUT2D eigenvalue weighted by Crippen LogP contribution is 2.35. The van der Waals surface area contributed by atoms with Crippen LogP contribution in [-0.4, -0.2) is 27.4 Å². The number of fused-ring (bicyclic) bond motifs is 1. The van der Waals surface area contributed by atoms with E-state index in [9.17, 15) is 9.59 Å². The zero-order valence-corrected chi connectivity index (χ0v) is 19.4. The van der Waals surface area contributed by atoms with Crippen molar-refractivity contribution in [1.82, 2.24) is 9.88 Å². The average Bonchev–Trinajstić information content (AvgIpc) is 3.21. The molecule has 2 heterocycles. The predicted octanol–water partition coefficient (Wildman–Crippen LogP) is 5.78. The molecule has 1 amide bonds. The number of ether oxygens (including phenoxy) is 2. The van der Waals surface area contributed by atoms with E-state index < -0.39 is 5.60 Å². The van der Waals surface area contributed by atoms with Crippen LogP contribution < -0.4 is 4.74 Å². The number of nitrogens with zero attached hydrogens (tertiary/aromatic N) is 2. The number of aromatic nitrogens is 1. The molecule has 0 radical (unpaired) electrons. The maximum absolute atomic E-state index is 12.5. The quantitative estimate of drug-likeness (QED) is 0.467. The number of amides is 1. The first kappa shape index (κ1) is 22.5. The molecule has 0 aliphatic carbocycles. The van der Waals surface area contributed by atoms with E-state index in [1.165, 1.54) is 0 Å². The molecular formula is C27H28N2O4. The summed E-state index contributed by atoms with van der Waals surface area (Å²) in [6.07, 6.45) is 1.41. The zero-order valence-electron chi connectivity index (χ0n) is 19.4. The number of hydrogen-bond acceptors (Lipinski definition) is 5. The topological polar surface area (TPSA) is 68.7 Å². The minimum atomic E-state index is -0.538. The van der Waals surface area contributed by atoms with Crippen molar-refractivity contribution >= 4 is 11.9 Å². The standard InChI is InChI=1S/C27H28N2O4/c1-18(30)19-10-11-25(32-17-23-7-5-6-12-28-23)24(14-19)20-8-9-21-15-29(16-22(21)13-20)26(31)33-27(2,3)4/h5-14H,15-17H2,1-4H3. The molecule has 170 valence electrons. The van der Waals surface area contributed by atoms with Crippen LogP contribution in [-0.2, 0) is 24.4 Å². The molecule has 0 N–H and O–H groups in total. The van der Waals surface area contributed by atoms with Gasteiger partial charge in [0.15, 0.2) is 5.78 Å². The van der Waals surface area contributed by atoms with Gasteiger partial charge < -0.3 is 9.47 Å². The van der Waals surface area contributed by atoms with Gasteiger partial charge in [-0.1, -0.05) is 18.2 Å². The summed E-state index contributed by atoms with van der Waals surface area (Å²) in [5.74, 6) is 0.664. The van der Waals surface area contributed by atoms with Gasteiger partial charge in [-0.2, -0.15) is 0 Å². The van der Waals surface area contributed by atoms with Crippen molar-refractivity contribution in [3.05, 3.63) is 83.2 Å². The maximum atomic E-state index is 12.5. The number of hydrogen-bond donors (Lipinski definition) is 0. The molecule has 6 heteroatoms. The normalized spacial score (nSPS) is 12.9. The van der Waals surface area contributed by atoms with Crippen molar-refractivity contribution < 1.29 is 19.1 Å². The Morgan fingerprint density at radius 2 is 1.79 bits per heavy atom. The second-order valence-electron chi connectivity index (χ2n) is 9.20. The van der Waals surface area contributed by atoms with E-state index >= 15 is 0 Å². The predicted molar refractivity (Wildman–Crippen MR) is 126 cm³/mol. The van der Waals surface area contributed by atoms with Gasteiger partial charge in [-0.05, 0) is 80.8 Å². The summed E-state index contributed by atoms with van der Waals surface area (Å²) >= 11 is 0. The molecule has 2 aromatic carbocycles. The van der Waals surface area contributed by atoms with Crippen LogP contribution >= 0.6 is 0 Å². The van der Waals surface area contributed by atoms with E-state index in [1.807, 2.05) is 63.2 Å². The smallest absolute Gasteiger partial charge is 0.410 e. The summed E-state index contributed by atoms with van der Waals surface area (Å²) in [4.78, 5) is 30.6. The summed E-state index contributed by atoms with van der Waals surface area (Å²) in [6.45, 7) is 8.46. The van der Waals surface area contributed by atoms with E-state index in [4.69, 9.17) is 9.47 Å². The van der Waals surface area contributed by atoms with E-state index in [0.717, 1.165) is 27.9 Å². The van der Waals surface area contributed by atoms with E-state index in [2.05, 4.69) is 11.1 Å². The molecule has 0 spiro atoms. The second-order valence-corrected chi connectivity index (χ2v) is 9.20. The lowest BCUT2D eigenvalue weighted by atomic mass is 9.97. The minimum absolute atomic E-state index is 0.00946. The average molecular weight is 445 g/mol. The molecule has 4 rings (SSSR count). The van der Waals surface area contributed by atoms with E-state index in [-0.39, 0.29) is 11.9 Å². The molecule has 0 saturated carbocycles. The van der Waals surface area contributed by atoms with Crippen LogP contribution in [0.3, 0.4) is 0 Å². The Kier molecular flexibility index (Phi) is 6.18. The Morgan fingerprint density at radius 3 is 2.48 bits per heavy atom. The third kappa shape index (κ3) is 5.40. The summed E-state index contributed by atoms with van der Waals surface area (Å²) in [5, 5.41) is 0. The lowest BCUT2D eigenvalue weighted by Gasteiger charge is -2.24. The van der Waals surface area contributed by atoms with Gasteiger partial charge in [0.1, 0.15) is 18.0 Å². The molecule has 0 saturated heterocycles. The van der Waals surface area contributed by atoms with Gasteiger partial charge in [0.25, 0.3) is 0 Å². The molecule has 0 bridgehead atoms. The van der Waals surface area contributed by atoms with Crippen molar-refractivity contribution in [3.63, 3.8) is 0 Å². The van der Waals surface area contributed by atoms with E-state index in [0.29, 0.717) is 31.0 Å². The zero-order chi connectivity index (χ0) is 23.6. The number of ketones is 1. The first-order chi connectivity index (χ1) is 15.7. The van der Waals surface area contributed by atoms with Gasteiger partial charge in [0, 0.05) is 30.4 Å². The van der Waals surface area contributed by atoms with Crippen LogP contribution in [0.1, 0.15) is 54.9 Å². The van der Waals surface area contributed by atoms with Gasteiger partial charge in [-0.25, -0.2) is 4.79 Å². The van der Waals surface area contributed by atoms with Crippen molar-refractivity contribution in [2.75, 3.05) is 0 Å². The maximum Gasteiger partial charge on any atom is 0.410 e. The fraction of sp³-hybridized carbons (Fsp3) is 0.296. The lowest BCUT2D eigenvalue weighted by molar-refractivity contribution is 0.0241. The van der Waals surface area contributed by atoms with Gasteiger partial charge in [0.05, 0.1) is 5.69 Å². The number of carbonyl (C=O) groups excluding carboxylic acids is 2. The number of rotatable bonds is 5. The molecule has 33 heavy (non-hydrogen) atoms. The number of carbonyl (C=O) groups is 2. The van der Waals surface area contributed by atoms with Crippen LogP contribution in [0.2, 0.25) is 0 Å². The van der Waals surface area contributed by atoms with Crippen LogP contribution in [0.5, 0.6) is 5.75 Å². The fourth-order valence-electron chi connectivity index (χ4n) is 3.75. The van der Waals surface area contributed by atoms with Gasteiger partial charge in [-0.15, -0.1) is 0 Å². The Bertz CT molecular complexity index is 1180. The first-order valence-corrected chi connectivity index (χ1v) is 11.0. The molecule has 3 aromatic rings. The minimum Gasteiger partial charge on any atom is -0.487 e. The molecule has 1 aliphatic heterocycles. The number of benzene rings is 2. The van der Waals surface area contributed by atoms with Crippen molar-refractivity contribution in [2.45, 2.75) is 53.0 Å². The molecule has 0 fully saturated rings. The van der Waals surface area contributed by atoms with Crippen molar-refractivity contribution in [1.29, 1.82) is 0 Å². The molecule has 1 aliphatic rings. The first-order valence-electron chi connectivity index (χ1n) is 11.0. The Balaban J connectivity index is 1.61. The summed E-state index contributed by atoms with van der Waals surface area (Å²) in [6, 6.07) is 17.2. The Hall–Kier alpha value is -3.67. The second kappa shape index (κ2) is 9.06.